The first kappa shape index (κ1) is 11.9. The maximum absolute atomic E-state index is 12.3. The summed E-state index contributed by atoms with van der Waals surface area (Å²) in [5, 5.41) is 4.47. The number of hydrogen-bond donors (Lipinski definition) is 0. The van der Waals surface area contributed by atoms with Crippen molar-refractivity contribution in [1.29, 1.82) is 0 Å². The molecule has 1 aromatic heterocycles. The zero-order valence-electron chi connectivity index (χ0n) is 9.77. The average Bonchev–Trinajstić information content (AvgIpc) is 2.69. The van der Waals surface area contributed by atoms with E-state index in [1.807, 2.05) is 32.0 Å². The predicted octanol–water partition coefficient (Wildman–Crippen LogP) is 3.10. The van der Waals surface area contributed by atoms with Crippen LogP contribution < -0.4 is 0 Å². The van der Waals surface area contributed by atoms with Gasteiger partial charge in [-0.15, -0.1) is 0 Å². The highest BCUT2D eigenvalue weighted by Gasteiger charge is 2.18. The molecule has 0 saturated carbocycles. The van der Waals surface area contributed by atoms with Gasteiger partial charge < -0.3 is 0 Å². The Kier molecular flexibility index (Phi) is 3.29. The molecule has 0 bridgehead atoms. The summed E-state index contributed by atoms with van der Waals surface area (Å²) >= 11 is 6.00. The Hall–Kier alpha value is -1.61. The Morgan fingerprint density at radius 2 is 2.24 bits per heavy atom. The molecule has 17 heavy (non-hydrogen) atoms. The van der Waals surface area contributed by atoms with Gasteiger partial charge in [0.25, 0.3) is 0 Å². The SMILES string of the molecule is CCn1ncc(Cl)c1C(=O)c1cccc(C)c1. The van der Waals surface area contributed by atoms with Gasteiger partial charge in [-0.3, -0.25) is 9.48 Å². The molecule has 0 spiro atoms. The maximum Gasteiger partial charge on any atom is 0.212 e. The van der Waals surface area contributed by atoms with E-state index in [9.17, 15) is 4.79 Å². The summed E-state index contributed by atoms with van der Waals surface area (Å²) in [7, 11) is 0. The Bertz CT molecular complexity index is 560. The molecular formula is C13H13ClN2O. The zero-order chi connectivity index (χ0) is 12.4. The van der Waals surface area contributed by atoms with Gasteiger partial charge in [-0.2, -0.15) is 5.10 Å². The van der Waals surface area contributed by atoms with Crippen molar-refractivity contribution in [3.63, 3.8) is 0 Å². The average molecular weight is 249 g/mol. The van der Waals surface area contributed by atoms with E-state index < -0.39 is 0 Å². The molecule has 2 rings (SSSR count). The number of carbonyl (C=O) groups is 1. The topological polar surface area (TPSA) is 34.9 Å². The fraction of sp³-hybridized carbons (Fsp3) is 0.231. The van der Waals surface area contributed by atoms with Crippen molar-refractivity contribution in [2.75, 3.05) is 0 Å². The zero-order valence-corrected chi connectivity index (χ0v) is 10.5. The first-order valence-electron chi connectivity index (χ1n) is 5.46. The molecule has 0 aliphatic heterocycles. The Morgan fingerprint density at radius 3 is 2.88 bits per heavy atom. The van der Waals surface area contributed by atoms with Crippen molar-refractivity contribution in [2.45, 2.75) is 20.4 Å². The smallest absolute Gasteiger partial charge is 0.212 e. The number of halogens is 1. The van der Waals surface area contributed by atoms with Gasteiger partial charge in [-0.05, 0) is 19.9 Å². The first-order valence-corrected chi connectivity index (χ1v) is 5.84. The number of nitrogens with zero attached hydrogens (tertiary/aromatic N) is 2. The number of carbonyl (C=O) groups excluding carboxylic acids is 1. The highest BCUT2D eigenvalue weighted by molar-refractivity contribution is 6.34. The molecule has 0 saturated heterocycles. The van der Waals surface area contributed by atoms with Crippen molar-refractivity contribution in [2.24, 2.45) is 0 Å². The number of rotatable bonds is 3. The van der Waals surface area contributed by atoms with Crippen molar-refractivity contribution >= 4 is 17.4 Å². The van der Waals surface area contributed by atoms with Gasteiger partial charge in [0.05, 0.1) is 11.2 Å². The minimum Gasteiger partial charge on any atom is -0.287 e. The second-order valence-corrected chi connectivity index (χ2v) is 4.26. The highest BCUT2D eigenvalue weighted by Crippen LogP contribution is 2.19. The van der Waals surface area contributed by atoms with Gasteiger partial charge in [0.2, 0.25) is 5.78 Å². The minimum atomic E-state index is -0.0851. The molecule has 4 heteroatoms. The minimum absolute atomic E-state index is 0.0851. The number of hydrogen-bond acceptors (Lipinski definition) is 2. The van der Waals surface area contributed by atoms with Crippen LogP contribution in [0.2, 0.25) is 5.02 Å². The Labute approximate surface area is 105 Å². The lowest BCUT2D eigenvalue weighted by Gasteiger charge is -2.05. The standard InChI is InChI=1S/C13H13ClN2O/c1-3-16-12(11(14)8-15-16)13(17)10-6-4-5-9(2)7-10/h4-8H,3H2,1-2H3. The van der Waals surface area contributed by atoms with E-state index in [0.29, 0.717) is 22.8 Å². The van der Waals surface area contributed by atoms with Crippen molar-refractivity contribution in [3.8, 4) is 0 Å². The van der Waals surface area contributed by atoms with Crippen LogP contribution >= 0.6 is 11.6 Å². The van der Waals surface area contributed by atoms with Crippen LogP contribution in [-0.4, -0.2) is 15.6 Å². The van der Waals surface area contributed by atoms with Crippen LogP contribution in [0.15, 0.2) is 30.5 Å². The van der Waals surface area contributed by atoms with Crippen LogP contribution in [0, 0.1) is 6.92 Å². The van der Waals surface area contributed by atoms with E-state index in [1.165, 1.54) is 6.20 Å². The maximum atomic E-state index is 12.3. The van der Waals surface area contributed by atoms with Gasteiger partial charge in [-0.25, -0.2) is 0 Å². The second kappa shape index (κ2) is 4.72. The van der Waals surface area contributed by atoms with Crippen LogP contribution in [0.3, 0.4) is 0 Å². The lowest BCUT2D eigenvalue weighted by molar-refractivity contribution is 0.102. The molecule has 0 amide bonds. The van der Waals surface area contributed by atoms with Crippen LogP contribution in [0.1, 0.15) is 28.5 Å². The van der Waals surface area contributed by atoms with Crippen LogP contribution in [0.4, 0.5) is 0 Å². The molecular weight excluding hydrogens is 236 g/mol. The molecule has 3 nitrogen and oxygen atoms in total. The molecule has 1 heterocycles. The normalized spacial score (nSPS) is 10.5. The molecule has 0 atom stereocenters. The largest absolute Gasteiger partial charge is 0.287 e. The van der Waals surface area contributed by atoms with Crippen LogP contribution in [-0.2, 0) is 6.54 Å². The monoisotopic (exact) mass is 248 g/mol. The molecule has 88 valence electrons. The lowest BCUT2D eigenvalue weighted by Crippen LogP contribution is -2.11. The predicted molar refractivity (Wildman–Crippen MR) is 67.5 cm³/mol. The fourth-order valence-electron chi connectivity index (χ4n) is 1.75. The summed E-state index contributed by atoms with van der Waals surface area (Å²) in [5.74, 6) is -0.0851. The van der Waals surface area contributed by atoms with E-state index in [4.69, 9.17) is 11.6 Å². The summed E-state index contributed by atoms with van der Waals surface area (Å²) in [6.45, 7) is 4.51. The van der Waals surface area contributed by atoms with Gasteiger partial charge in [-0.1, -0.05) is 35.4 Å². The third-order valence-corrected chi connectivity index (χ3v) is 2.87. The number of ketones is 1. The van der Waals surface area contributed by atoms with Gasteiger partial charge >= 0.3 is 0 Å². The highest BCUT2D eigenvalue weighted by atomic mass is 35.5. The quantitative estimate of drug-likeness (QED) is 0.783. The first-order chi connectivity index (χ1) is 8.13. The summed E-state index contributed by atoms with van der Waals surface area (Å²) < 4.78 is 1.62. The van der Waals surface area contributed by atoms with Gasteiger partial charge in [0, 0.05) is 12.1 Å². The van der Waals surface area contributed by atoms with Crippen LogP contribution in [0.5, 0.6) is 0 Å². The summed E-state index contributed by atoms with van der Waals surface area (Å²) in [6.07, 6.45) is 1.51. The molecule has 0 aliphatic carbocycles. The number of benzene rings is 1. The molecule has 1 aromatic carbocycles. The van der Waals surface area contributed by atoms with Crippen molar-refractivity contribution in [1.82, 2.24) is 9.78 Å². The second-order valence-electron chi connectivity index (χ2n) is 3.86. The van der Waals surface area contributed by atoms with E-state index in [-0.39, 0.29) is 5.78 Å². The van der Waals surface area contributed by atoms with Crippen molar-refractivity contribution < 1.29 is 4.79 Å². The Balaban J connectivity index is 2.47. The molecule has 2 aromatic rings. The van der Waals surface area contributed by atoms with Crippen molar-refractivity contribution in [3.05, 3.63) is 52.3 Å². The fourth-order valence-corrected chi connectivity index (χ4v) is 1.98. The van der Waals surface area contributed by atoms with Gasteiger partial charge in [0.15, 0.2) is 0 Å². The molecule has 0 radical (unpaired) electrons. The lowest BCUT2D eigenvalue weighted by atomic mass is 10.1. The Morgan fingerprint density at radius 1 is 1.47 bits per heavy atom. The molecule has 0 N–H and O–H groups in total. The molecule has 0 fully saturated rings. The molecule has 0 aliphatic rings. The summed E-state index contributed by atoms with van der Waals surface area (Å²) in [6, 6.07) is 7.46. The van der Waals surface area contributed by atoms with E-state index in [0.717, 1.165) is 5.56 Å². The van der Waals surface area contributed by atoms with Crippen LogP contribution in [0.25, 0.3) is 0 Å². The van der Waals surface area contributed by atoms with E-state index >= 15 is 0 Å². The van der Waals surface area contributed by atoms with E-state index in [2.05, 4.69) is 5.10 Å². The molecule has 0 unspecified atom stereocenters. The third kappa shape index (κ3) is 2.24. The van der Waals surface area contributed by atoms with Gasteiger partial charge in [0.1, 0.15) is 5.69 Å². The summed E-state index contributed by atoms with van der Waals surface area (Å²) in [4.78, 5) is 12.3. The number of aromatic nitrogens is 2. The third-order valence-electron chi connectivity index (χ3n) is 2.59. The van der Waals surface area contributed by atoms with E-state index in [1.54, 1.807) is 10.7 Å². The summed E-state index contributed by atoms with van der Waals surface area (Å²) in [5.41, 5.74) is 2.15. The number of aryl methyl sites for hydroxylation is 2.